The first-order chi connectivity index (χ1) is 11.3. The third kappa shape index (κ3) is 2.61. The van der Waals surface area contributed by atoms with Crippen molar-refractivity contribution in [3.05, 3.63) is 72.6 Å². The van der Waals surface area contributed by atoms with E-state index < -0.39 is 0 Å². The summed E-state index contributed by atoms with van der Waals surface area (Å²) in [5.41, 5.74) is 6.52. The summed E-state index contributed by atoms with van der Waals surface area (Å²) in [7, 11) is 0. The van der Waals surface area contributed by atoms with Gasteiger partial charge >= 0.3 is 0 Å². The number of amides is 1. The van der Waals surface area contributed by atoms with Crippen LogP contribution in [0.5, 0.6) is 0 Å². The van der Waals surface area contributed by atoms with Crippen molar-refractivity contribution >= 4 is 11.6 Å². The SMILES string of the molecule is O=C1CCc2cc(-c3cccnc3)cc(-c3ccccc3)c2N1. The summed E-state index contributed by atoms with van der Waals surface area (Å²) in [5.74, 6) is 0.0869. The quantitative estimate of drug-likeness (QED) is 0.766. The van der Waals surface area contributed by atoms with Crippen molar-refractivity contribution in [1.29, 1.82) is 0 Å². The van der Waals surface area contributed by atoms with Crippen LogP contribution in [-0.2, 0) is 11.2 Å². The summed E-state index contributed by atoms with van der Waals surface area (Å²) in [6, 6.07) is 18.5. The normalized spacial score (nSPS) is 13.3. The largest absolute Gasteiger partial charge is 0.325 e. The average Bonchev–Trinajstić information content (AvgIpc) is 2.62. The molecule has 23 heavy (non-hydrogen) atoms. The number of hydrogen-bond donors (Lipinski definition) is 1. The van der Waals surface area contributed by atoms with E-state index in [2.05, 4.69) is 40.6 Å². The van der Waals surface area contributed by atoms with E-state index in [1.165, 1.54) is 5.56 Å². The van der Waals surface area contributed by atoms with Gasteiger partial charge in [0.05, 0.1) is 5.69 Å². The molecule has 4 rings (SSSR count). The number of carbonyl (C=O) groups is 1. The third-order valence-electron chi connectivity index (χ3n) is 4.19. The van der Waals surface area contributed by atoms with Gasteiger partial charge in [-0.2, -0.15) is 0 Å². The minimum Gasteiger partial charge on any atom is -0.325 e. The van der Waals surface area contributed by atoms with Gasteiger partial charge in [-0.05, 0) is 41.3 Å². The molecule has 3 nitrogen and oxygen atoms in total. The Bertz CT molecular complexity index is 858. The maximum atomic E-state index is 11.8. The van der Waals surface area contributed by atoms with E-state index >= 15 is 0 Å². The lowest BCUT2D eigenvalue weighted by molar-refractivity contribution is -0.116. The number of anilines is 1. The van der Waals surface area contributed by atoms with Crippen LogP contribution in [0.3, 0.4) is 0 Å². The molecule has 2 heterocycles. The van der Waals surface area contributed by atoms with Gasteiger partial charge in [0.1, 0.15) is 0 Å². The molecule has 0 radical (unpaired) electrons. The fourth-order valence-corrected chi connectivity index (χ4v) is 3.04. The van der Waals surface area contributed by atoms with E-state index in [0.29, 0.717) is 6.42 Å². The highest BCUT2D eigenvalue weighted by atomic mass is 16.1. The van der Waals surface area contributed by atoms with Gasteiger partial charge in [-0.15, -0.1) is 0 Å². The number of fused-ring (bicyclic) bond motifs is 1. The molecule has 0 saturated carbocycles. The second-order valence-corrected chi connectivity index (χ2v) is 5.71. The van der Waals surface area contributed by atoms with Gasteiger partial charge in [-0.25, -0.2) is 0 Å². The topological polar surface area (TPSA) is 42.0 Å². The van der Waals surface area contributed by atoms with Gasteiger partial charge in [0.2, 0.25) is 5.91 Å². The Kier molecular flexibility index (Phi) is 3.39. The van der Waals surface area contributed by atoms with Crippen molar-refractivity contribution in [2.45, 2.75) is 12.8 Å². The summed E-state index contributed by atoms with van der Waals surface area (Å²) in [5, 5.41) is 3.05. The zero-order valence-electron chi connectivity index (χ0n) is 12.6. The number of pyridine rings is 1. The Labute approximate surface area is 135 Å². The number of nitrogens with one attached hydrogen (secondary N) is 1. The molecule has 0 unspecified atom stereocenters. The first-order valence-corrected chi connectivity index (χ1v) is 7.74. The van der Waals surface area contributed by atoms with Gasteiger partial charge in [0.15, 0.2) is 0 Å². The van der Waals surface area contributed by atoms with Crippen molar-refractivity contribution in [1.82, 2.24) is 4.98 Å². The van der Waals surface area contributed by atoms with Gasteiger partial charge in [-0.1, -0.05) is 36.4 Å². The molecular formula is C20H16N2O. The lowest BCUT2D eigenvalue weighted by Crippen LogP contribution is -2.19. The van der Waals surface area contributed by atoms with Gasteiger partial charge in [-0.3, -0.25) is 9.78 Å². The van der Waals surface area contributed by atoms with E-state index in [0.717, 1.165) is 34.4 Å². The summed E-state index contributed by atoms with van der Waals surface area (Å²) < 4.78 is 0. The molecule has 2 aromatic carbocycles. The van der Waals surface area contributed by atoms with Crippen molar-refractivity contribution in [2.75, 3.05) is 5.32 Å². The van der Waals surface area contributed by atoms with Crippen LogP contribution in [-0.4, -0.2) is 10.9 Å². The van der Waals surface area contributed by atoms with Crippen molar-refractivity contribution in [3.63, 3.8) is 0 Å². The van der Waals surface area contributed by atoms with Crippen molar-refractivity contribution in [2.24, 2.45) is 0 Å². The lowest BCUT2D eigenvalue weighted by Gasteiger charge is -2.22. The fraction of sp³-hybridized carbons (Fsp3) is 0.100. The van der Waals surface area contributed by atoms with Crippen LogP contribution in [0.15, 0.2) is 67.0 Å². The van der Waals surface area contributed by atoms with Crippen LogP contribution >= 0.6 is 0 Å². The summed E-state index contributed by atoms with van der Waals surface area (Å²) in [6.07, 6.45) is 4.96. The summed E-state index contributed by atoms with van der Waals surface area (Å²) >= 11 is 0. The third-order valence-corrected chi connectivity index (χ3v) is 4.19. The van der Waals surface area contributed by atoms with Crippen molar-refractivity contribution in [3.8, 4) is 22.3 Å². The predicted octanol–water partition coefficient (Wildman–Crippen LogP) is 4.30. The molecule has 1 aliphatic heterocycles. The van der Waals surface area contributed by atoms with Crippen LogP contribution in [0.4, 0.5) is 5.69 Å². The molecule has 1 aromatic heterocycles. The zero-order chi connectivity index (χ0) is 15.6. The first-order valence-electron chi connectivity index (χ1n) is 7.74. The Morgan fingerprint density at radius 3 is 2.48 bits per heavy atom. The Morgan fingerprint density at radius 1 is 0.870 bits per heavy atom. The molecule has 3 heteroatoms. The highest BCUT2D eigenvalue weighted by molar-refractivity contribution is 6.00. The Hall–Kier alpha value is -2.94. The summed E-state index contributed by atoms with van der Waals surface area (Å²) in [4.78, 5) is 16.1. The first kappa shape index (κ1) is 13.7. The second-order valence-electron chi connectivity index (χ2n) is 5.71. The van der Waals surface area contributed by atoms with Crippen molar-refractivity contribution < 1.29 is 4.79 Å². The number of aryl methyl sites for hydroxylation is 1. The average molecular weight is 300 g/mol. The molecule has 0 aliphatic carbocycles. The minimum atomic E-state index is 0.0869. The van der Waals surface area contributed by atoms with E-state index in [9.17, 15) is 4.79 Å². The maximum absolute atomic E-state index is 11.8. The molecule has 0 atom stereocenters. The zero-order valence-corrected chi connectivity index (χ0v) is 12.6. The standard InChI is InChI=1S/C20H16N2O/c23-19-9-8-15-11-17(16-7-4-10-21-13-16)12-18(20(15)22-19)14-5-2-1-3-6-14/h1-7,10-13H,8-9H2,(H,22,23). The van der Waals surface area contributed by atoms with Crippen LogP contribution in [0, 0.1) is 0 Å². The molecular weight excluding hydrogens is 284 g/mol. The molecule has 0 spiro atoms. The molecule has 1 amide bonds. The monoisotopic (exact) mass is 300 g/mol. The van der Waals surface area contributed by atoms with Crippen LogP contribution < -0.4 is 5.32 Å². The molecule has 3 aromatic rings. The minimum absolute atomic E-state index is 0.0869. The van der Waals surface area contributed by atoms with Gasteiger partial charge < -0.3 is 5.32 Å². The molecule has 1 aliphatic rings. The van der Waals surface area contributed by atoms with Crippen LogP contribution in [0.1, 0.15) is 12.0 Å². The van der Waals surface area contributed by atoms with E-state index in [4.69, 9.17) is 0 Å². The second kappa shape index (κ2) is 5.69. The highest BCUT2D eigenvalue weighted by Gasteiger charge is 2.20. The highest BCUT2D eigenvalue weighted by Crippen LogP contribution is 2.38. The maximum Gasteiger partial charge on any atom is 0.224 e. The van der Waals surface area contributed by atoms with E-state index in [-0.39, 0.29) is 5.91 Å². The molecule has 0 saturated heterocycles. The lowest BCUT2D eigenvalue weighted by atomic mass is 9.91. The fourth-order valence-electron chi connectivity index (χ4n) is 3.04. The van der Waals surface area contributed by atoms with Gasteiger partial charge in [0, 0.05) is 29.9 Å². The number of carbonyl (C=O) groups excluding carboxylic acids is 1. The molecule has 0 bridgehead atoms. The Morgan fingerprint density at radius 2 is 1.70 bits per heavy atom. The smallest absolute Gasteiger partial charge is 0.224 e. The number of nitrogens with zero attached hydrogens (tertiary/aromatic N) is 1. The van der Waals surface area contributed by atoms with Gasteiger partial charge in [0.25, 0.3) is 0 Å². The number of hydrogen-bond acceptors (Lipinski definition) is 2. The van der Waals surface area contributed by atoms with Crippen LogP contribution in [0.2, 0.25) is 0 Å². The van der Waals surface area contributed by atoms with E-state index in [1.54, 1.807) is 6.20 Å². The molecule has 0 fully saturated rings. The molecule has 1 N–H and O–H groups in total. The Balaban J connectivity index is 1.94. The summed E-state index contributed by atoms with van der Waals surface area (Å²) in [6.45, 7) is 0. The van der Waals surface area contributed by atoms with Crippen LogP contribution in [0.25, 0.3) is 22.3 Å². The molecule has 112 valence electrons. The number of rotatable bonds is 2. The number of aromatic nitrogens is 1. The number of benzene rings is 2. The predicted molar refractivity (Wildman–Crippen MR) is 92.1 cm³/mol. The van der Waals surface area contributed by atoms with E-state index in [1.807, 2.05) is 30.5 Å².